The van der Waals surface area contributed by atoms with E-state index in [9.17, 15) is 8.42 Å². The van der Waals surface area contributed by atoms with Crippen LogP contribution < -0.4 is 4.74 Å². The molecular weight excluding hydrogens is 298 g/mol. The minimum absolute atomic E-state index is 0.108. The smallest absolute Gasteiger partial charge is 0.261 e. The van der Waals surface area contributed by atoms with E-state index in [0.29, 0.717) is 24.3 Å². The molecule has 0 fully saturated rings. The maximum absolute atomic E-state index is 11.3. The number of rotatable bonds is 5. The predicted octanol–water partition coefficient (Wildman–Crippen LogP) is 2.94. The molecule has 1 heterocycles. The lowest BCUT2D eigenvalue weighted by Crippen LogP contribution is -2.03. The summed E-state index contributed by atoms with van der Waals surface area (Å²) in [6.07, 6.45) is 2.43. The number of hydrogen-bond acceptors (Lipinski definition) is 4. The van der Waals surface area contributed by atoms with Crippen LogP contribution in [0.4, 0.5) is 0 Å². The molecule has 0 aliphatic carbocycles. The van der Waals surface area contributed by atoms with Crippen LogP contribution in [0.15, 0.2) is 47.5 Å². The van der Waals surface area contributed by atoms with Crippen LogP contribution in [0.1, 0.15) is 11.3 Å². The molecule has 106 valence electrons. The van der Waals surface area contributed by atoms with Crippen molar-refractivity contribution in [1.29, 1.82) is 0 Å². The number of hydrogen-bond donors (Lipinski definition) is 0. The van der Waals surface area contributed by atoms with Gasteiger partial charge in [-0.2, -0.15) is 0 Å². The zero-order valence-corrected chi connectivity index (χ0v) is 12.5. The Bertz CT molecular complexity index is 687. The Morgan fingerprint density at radius 1 is 1.25 bits per heavy atom. The van der Waals surface area contributed by atoms with Crippen LogP contribution in [-0.4, -0.2) is 20.0 Å². The first-order chi connectivity index (χ1) is 9.47. The van der Waals surface area contributed by atoms with Gasteiger partial charge in [0.15, 0.2) is 0 Å². The van der Waals surface area contributed by atoms with Crippen LogP contribution in [0, 0.1) is 6.92 Å². The number of pyridine rings is 1. The normalized spacial score (nSPS) is 11.3. The zero-order chi connectivity index (χ0) is 14.6. The molecule has 0 N–H and O–H groups in total. The summed E-state index contributed by atoms with van der Waals surface area (Å²) in [6, 6.07) is 10.4. The molecule has 0 radical (unpaired) electrons. The first-order valence-corrected chi connectivity index (χ1v) is 8.36. The second-order valence-electron chi connectivity index (χ2n) is 4.28. The molecular formula is C14H14ClNO3S. The summed E-state index contributed by atoms with van der Waals surface area (Å²) in [4.78, 5) is 4.30. The average Bonchev–Trinajstić information content (AvgIpc) is 2.38. The third kappa shape index (κ3) is 3.95. The van der Waals surface area contributed by atoms with Gasteiger partial charge in [0.1, 0.15) is 5.75 Å². The van der Waals surface area contributed by atoms with Crippen LogP contribution in [0.25, 0.3) is 0 Å². The van der Waals surface area contributed by atoms with Gasteiger partial charge in [0.2, 0.25) is 0 Å². The highest BCUT2D eigenvalue weighted by molar-refractivity contribution is 8.13. The maximum Gasteiger partial charge on any atom is 0.261 e. The van der Waals surface area contributed by atoms with Crippen LogP contribution in [0.2, 0.25) is 0 Å². The van der Waals surface area contributed by atoms with Crippen molar-refractivity contribution in [3.8, 4) is 5.75 Å². The predicted molar refractivity (Wildman–Crippen MR) is 77.7 cm³/mol. The summed E-state index contributed by atoms with van der Waals surface area (Å²) in [6.45, 7) is 2.16. The van der Waals surface area contributed by atoms with E-state index in [1.807, 2.05) is 18.2 Å². The van der Waals surface area contributed by atoms with Crippen LogP contribution in [0.5, 0.6) is 5.75 Å². The van der Waals surface area contributed by atoms with E-state index in [4.69, 9.17) is 15.4 Å². The van der Waals surface area contributed by atoms with Crippen LogP contribution >= 0.6 is 10.7 Å². The van der Waals surface area contributed by atoms with Crippen molar-refractivity contribution in [3.63, 3.8) is 0 Å². The SMILES string of the molecule is Cc1cc(OCCc2ccccn2)ccc1S(=O)(=O)Cl. The van der Waals surface area contributed by atoms with E-state index >= 15 is 0 Å². The zero-order valence-electron chi connectivity index (χ0n) is 10.9. The summed E-state index contributed by atoms with van der Waals surface area (Å²) < 4.78 is 28.1. The van der Waals surface area contributed by atoms with Gasteiger partial charge < -0.3 is 4.74 Å². The summed E-state index contributed by atoms with van der Waals surface area (Å²) in [5.74, 6) is 0.613. The molecule has 4 nitrogen and oxygen atoms in total. The lowest BCUT2D eigenvalue weighted by Gasteiger charge is -2.08. The van der Waals surface area contributed by atoms with Gasteiger partial charge in [-0.3, -0.25) is 4.98 Å². The van der Waals surface area contributed by atoms with Gasteiger partial charge in [0.05, 0.1) is 11.5 Å². The van der Waals surface area contributed by atoms with Crippen molar-refractivity contribution in [2.45, 2.75) is 18.2 Å². The van der Waals surface area contributed by atoms with Crippen LogP contribution in [0.3, 0.4) is 0 Å². The first-order valence-electron chi connectivity index (χ1n) is 6.05. The Morgan fingerprint density at radius 3 is 2.65 bits per heavy atom. The molecule has 0 unspecified atom stereocenters. The molecule has 0 aliphatic heterocycles. The summed E-state index contributed by atoms with van der Waals surface area (Å²) in [5.41, 5.74) is 1.51. The minimum Gasteiger partial charge on any atom is -0.493 e. The number of aromatic nitrogens is 1. The average molecular weight is 312 g/mol. The van der Waals surface area contributed by atoms with E-state index in [1.54, 1.807) is 25.3 Å². The summed E-state index contributed by atoms with van der Waals surface area (Å²) in [7, 11) is 1.62. The van der Waals surface area contributed by atoms with Gasteiger partial charge in [0.25, 0.3) is 9.05 Å². The lowest BCUT2D eigenvalue weighted by atomic mass is 10.2. The summed E-state index contributed by atoms with van der Waals surface area (Å²) >= 11 is 0. The Balaban J connectivity index is 1.99. The Hall–Kier alpha value is -1.59. The van der Waals surface area contributed by atoms with Crippen molar-refractivity contribution >= 4 is 19.7 Å². The molecule has 0 saturated carbocycles. The molecule has 20 heavy (non-hydrogen) atoms. The fraction of sp³-hybridized carbons (Fsp3) is 0.214. The van der Waals surface area contributed by atoms with E-state index in [-0.39, 0.29) is 4.90 Å². The fourth-order valence-corrected chi connectivity index (χ4v) is 3.00. The van der Waals surface area contributed by atoms with E-state index in [1.165, 1.54) is 6.07 Å². The molecule has 1 aromatic carbocycles. The second-order valence-corrected chi connectivity index (χ2v) is 6.82. The second kappa shape index (κ2) is 6.24. The number of benzene rings is 1. The van der Waals surface area contributed by atoms with Crippen molar-refractivity contribution in [1.82, 2.24) is 4.98 Å². The fourth-order valence-electron chi connectivity index (χ4n) is 1.80. The Kier molecular flexibility index (Phi) is 4.62. The molecule has 0 spiro atoms. The van der Waals surface area contributed by atoms with Gasteiger partial charge in [-0.05, 0) is 42.8 Å². The first kappa shape index (κ1) is 14.8. The summed E-state index contributed by atoms with van der Waals surface area (Å²) in [5, 5.41) is 0. The van der Waals surface area contributed by atoms with Crippen LogP contribution in [-0.2, 0) is 15.5 Å². The number of ether oxygens (including phenoxy) is 1. The third-order valence-corrected chi connectivity index (χ3v) is 4.24. The van der Waals surface area contributed by atoms with Gasteiger partial charge in [0, 0.05) is 29.0 Å². The van der Waals surface area contributed by atoms with Crippen molar-refractivity contribution in [2.75, 3.05) is 6.61 Å². The van der Waals surface area contributed by atoms with Crippen molar-refractivity contribution < 1.29 is 13.2 Å². The quantitative estimate of drug-likeness (QED) is 0.797. The highest BCUT2D eigenvalue weighted by atomic mass is 35.7. The molecule has 1 aromatic heterocycles. The van der Waals surface area contributed by atoms with Gasteiger partial charge in [-0.1, -0.05) is 6.07 Å². The number of aryl methyl sites for hydroxylation is 1. The molecule has 0 atom stereocenters. The largest absolute Gasteiger partial charge is 0.493 e. The minimum atomic E-state index is -3.71. The number of nitrogens with zero attached hydrogens (tertiary/aromatic N) is 1. The molecule has 0 bridgehead atoms. The Morgan fingerprint density at radius 2 is 2.05 bits per heavy atom. The molecule has 2 rings (SSSR count). The topological polar surface area (TPSA) is 56.3 Å². The molecule has 0 saturated heterocycles. The highest BCUT2D eigenvalue weighted by Crippen LogP contribution is 2.23. The van der Waals surface area contributed by atoms with Gasteiger partial charge in [-0.15, -0.1) is 0 Å². The van der Waals surface area contributed by atoms with Crippen molar-refractivity contribution in [3.05, 3.63) is 53.9 Å². The highest BCUT2D eigenvalue weighted by Gasteiger charge is 2.13. The molecule has 2 aromatic rings. The molecule has 0 amide bonds. The van der Waals surface area contributed by atoms with Gasteiger partial charge >= 0.3 is 0 Å². The maximum atomic E-state index is 11.3. The number of halogens is 1. The van der Waals surface area contributed by atoms with E-state index < -0.39 is 9.05 Å². The monoisotopic (exact) mass is 311 g/mol. The van der Waals surface area contributed by atoms with Gasteiger partial charge in [-0.25, -0.2) is 8.42 Å². The third-order valence-electron chi connectivity index (χ3n) is 2.76. The standard InChI is InChI=1S/C14H14ClNO3S/c1-11-10-13(5-6-14(11)20(15,17)18)19-9-7-12-4-2-3-8-16-12/h2-6,8,10H,7,9H2,1H3. The molecule has 0 aliphatic rings. The van der Waals surface area contributed by atoms with Crippen molar-refractivity contribution in [2.24, 2.45) is 0 Å². The van der Waals surface area contributed by atoms with E-state index in [2.05, 4.69) is 4.98 Å². The lowest BCUT2D eigenvalue weighted by molar-refractivity contribution is 0.320. The Labute approximate surface area is 122 Å². The molecule has 6 heteroatoms. The van der Waals surface area contributed by atoms with E-state index in [0.717, 1.165) is 5.69 Å².